The fourth-order valence-corrected chi connectivity index (χ4v) is 9.29. The fourth-order valence-electron chi connectivity index (χ4n) is 9.29. The molecule has 14 heteroatoms. The minimum absolute atomic E-state index is 0.0547. The number of fused-ring (bicyclic) bond motifs is 2. The monoisotopic (exact) mass is 786 g/mol. The van der Waals surface area contributed by atoms with Gasteiger partial charge in [-0.15, -0.1) is 0 Å². The van der Waals surface area contributed by atoms with Gasteiger partial charge in [-0.05, 0) is 79.2 Å². The minimum Gasteiger partial charge on any atom is -0.481 e. The maximum atomic E-state index is 13.7. The molecule has 3 amide bonds. The zero-order chi connectivity index (χ0) is 40.3. The van der Waals surface area contributed by atoms with Gasteiger partial charge in [0.2, 0.25) is 17.7 Å². The number of nitrogens with zero attached hydrogens (tertiary/aromatic N) is 4. The van der Waals surface area contributed by atoms with E-state index in [1.54, 1.807) is 31.3 Å². The molecule has 302 valence electrons. The predicted molar refractivity (Wildman–Crippen MR) is 216 cm³/mol. The second-order valence-corrected chi connectivity index (χ2v) is 15.5. The topological polar surface area (TPSA) is 176 Å². The van der Waals surface area contributed by atoms with Gasteiger partial charge >= 0.3 is 6.09 Å². The van der Waals surface area contributed by atoms with E-state index in [1.165, 1.54) is 14.2 Å². The number of hydrogen-bond acceptors (Lipinski definition) is 9. The third kappa shape index (κ3) is 7.68. The Hall–Kier alpha value is -6.02. The number of methoxy groups -OCH3 is 3. The van der Waals surface area contributed by atoms with Crippen LogP contribution < -0.4 is 15.4 Å². The lowest BCUT2D eigenvalue weighted by molar-refractivity contribution is -0.137. The average Bonchev–Trinajstić information content (AvgIpc) is 4.13. The first-order valence-corrected chi connectivity index (χ1v) is 20.0. The molecule has 2 aliphatic carbocycles. The van der Waals surface area contributed by atoms with Crippen LogP contribution in [0, 0.1) is 17.8 Å². The van der Waals surface area contributed by atoms with E-state index in [9.17, 15) is 14.4 Å². The van der Waals surface area contributed by atoms with Gasteiger partial charge in [0.05, 0.1) is 56.1 Å². The summed E-state index contributed by atoms with van der Waals surface area (Å²) >= 11 is 0. The number of rotatable bonds is 13. The van der Waals surface area contributed by atoms with E-state index >= 15 is 0 Å². The minimum atomic E-state index is -0.888. The maximum Gasteiger partial charge on any atom is 0.407 e. The molecule has 3 fully saturated rings. The smallest absolute Gasteiger partial charge is 0.407 e. The second-order valence-electron chi connectivity index (χ2n) is 15.5. The van der Waals surface area contributed by atoms with Crippen LogP contribution in [0.2, 0.25) is 0 Å². The molecule has 2 saturated carbocycles. The van der Waals surface area contributed by atoms with Crippen LogP contribution in [0.1, 0.15) is 68.2 Å². The summed E-state index contributed by atoms with van der Waals surface area (Å²) in [5.74, 6) is 2.66. The van der Waals surface area contributed by atoms with Crippen LogP contribution in [-0.4, -0.2) is 87.7 Å². The Balaban J connectivity index is 0.916. The summed E-state index contributed by atoms with van der Waals surface area (Å²) in [7, 11) is 4.36. The number of aromatic nitrogens is 5. The summed E-state index contributed by atoms with van der Waals surface area (Å²) < 4.78 is 15.5. The Kier molecular flexibility index (Phi) is 11.3. The van der Waals surface area contributed by atoms with Crippen molar-refractivity contribution in [3.63, 3.8) is 0 Å². The molecule has 2 aromatic carbocycles. The second kappa shape index (κ2) is 16.8. The van der Waals surface area contributed by atoms with Crippen LogP contribution in [0.4, 0.5) is 4.79 Å². The first-order chi connectivity index (χ1) is 28.3. The molecule has 14 nitrogen and oxygen atoms in total. The number of benzene rings is 2. The van der Waals surface area contributed by atoms with Crippen LogP contribution in [0.3, 0.4) is 0 Å². The molecule has 2 bridgehead atoms. The number of H-pyrrole nitrogens is 2. The van der Waals surface area contributed by atoms with Crippen molar-refractivity contribution >= 4 is 17.9 Å². The van der Waals surface area contributed by atoms with Crippen LogP contribution in [0.15, 0.2) is 79.3 Å². The molecular formula is C44H50N8O6. The number of nitrogens with one attached hydrogen (secondary N) is 4. The molecule has 7 atom stereocenters. The van der Waals surface area contributed by atoms with Gasteiger partial charge in [-0.2, -0.15) is 0 Å². The molecule has 58 heavy (non-hydrogen) atoms. The lowest BCUT2D eigenvalue weighted by Crippen LogP contribution is -2.54. The van der Waals surface area contributed by atoms with Gasteiger partial charge in [0, 0.05) is 37.9 Å². The van der Waals surface area contributed by atoms with Gasteiger partial charge in [0.25, 0.3) is 0 Å². The van der Waals surface area contributed by atoms with E-state index in [-0.39, 0.29) is 29.7 Å². The largest absolute Gasteiger partial charge is 0.481 e. The molecule has 0 radical (unpaired) electrons. The molecule has 4 heterocycles. The molecule has 4 unspecified atom stereocenters. The third-order valence-corrected chi connectivity index (χ3v) is 12.4. The van der Waals surface area contributed by atoms with Crippen molar-refractivity contribution < 1.29 is 28.6 Å². The van der Waals surface area contributed by atoms with Crippen LogP contribution in [0.5, 0.6) is 5.88 Å². The van der Waals surface area contributed by atoms with Crippen molar-refractivity contribution in [2.75, 3.05) is 27.9 Å². The highest BCUT2D eigenvalue weighted by atomic mass is 16.5. The highest BCUT2D eigenvalue weighted by Crippen LogP contribution is 2.56. The number of aromatic amines is 2. The summed E-state index contributed by atoms with van der Waals surface area (Å²) in [5.41, 5.74) is 6.79. The number of amides is 3. The molecule has 1 aliphatic heterocycles. The number of pyridine rings is 1. The standard InChI is InChI=1S/C44H50N8O6/c1-25(56-2)38(51-44(55)58-4)43(54)52-20-6-8-35(52)39-46-23-33(49-39)28-13-9-26(10-14-28)27-11-15-29(16-12-27)34-24-47-40(50-34)36-30-17-18-31(21-30)37(36)41(53)48-22-32-7-5-19-45-42(32)57-3/h5,7,9-16,19,23-25,30-31,35-38H,6,8,17-18,20-22H2,1-4H3,(H,46,49)(H,47,50)(H,48,53)(H,51,55)/t25-,30?,31?,35+,36?,37?,38+/m1/s1. The van der Waals surface area contributed by atoms with E-state index in [4.69, 9.17) is 19.2 Å². The molecule has 3 aromatic heterocycles. The lowest BCUT2D eigenvalue weighted by Gasteiger charge is -2.30. The molecule has 1 saturated heterocycles. The number of alkyl carbamates (subject to hydrolysis) is 1. The van der Waals surface area contributed by atoms with Crippen molar-refractivity contribution in [2.24, 2.45) is 17.8 Å². The summed E-state index contributed by atoms with van der Waals surface area (Å²) in [5, 5.41) is 5.80. The Bertz CT molecular complexity index is 2240. The maximum absolute atomic E-state index is 13.7. The predicted octanol–water partition coefficient (Wildman–Crippen LogP) is 6.41. The molecule has 3 aliphatic rings. The fraction of sp³-hybridized carbons (Fsp3) is 0.409. The Morgan fingerprint density at radius 3 is 2.12 bits per heavy atom. The highest BCUT2D eigenvalue weighted by Gasteiger charge is 2.52. The van der Waals surface area contributed by atoms with E-state index < -0.39 is 18.2 Å². The molecule has 0 spiro atoms. The number of ether oxygens (including phenoxy) is 3. The molecular weight excluding hydrogens is 737 g/mol. The zero-order valence-corrected chi connectivity index (χ0v) is 33.2. The van der Waals surface area contributed by atoms with Crippen molar-refractivity contribution in [2.45, 2.75) is 69.7 Å². The molecule has 8 rings (SSSR count). The quantitative estimate of drug-likeness (QED) is 0.105. The van der Waals surface area contributed by atoms with Crippen LogP contribution >= 0.6 is 0 Å². The first kappa shape index (κ1) is 38.8. The van der Waals surface area contributed by atoms with Crippen LogP contribution in [-0.2, 0) is 25.6 Å². The Morgan fingerprint density at radius 1 is 0.828 bits per heavy atom. The SMILES string of the molecule is COC(=O)N[C@H](C(=O)N1CCC[C@H]1c1ncc(-c2ccc(-c3ccc(-c4cnc(C5C6CCC(C6)C5C(=O)NCc5cccnc5OC)[nH]4)cc3)cc2)[nH]1)[C@@H](C)OC. The number of likely N-dealkylation sites (tertiary alicyclic amines) is 1. The van der Waals surface area contributed by atoms with Gasteiger partial charge in [-0.3, -0.25) is 9.59 Å². The highest BCUT2D eigenvalue weighted by molar-refractivity contribution is 5.87. The van der Waals surface area contributed by atoms with Gasteiger partial charge in [0.1, 0.15) is 17.7 Å². The van der Waals surface area contributed by atoms with Crippen molar-refractivity contribution in [1.82, 2.24) is 40.5 Å². The number of hydrogen-bond donors (Lipinski definition) is 4. The summed E-state index contributed by atoms with van der Waals surface area (Å²) in [6.07, 6.45) is 8.95. The molecule has 4 N–H and O–H groups in total. The van der Waals surface area contributed by atoms with E-state index in [1.807, 2.05) is 18.3 Å². The Labute approximate surface area is 337 Å². The molecule has 5 aromatic rings. The van der Waals surface area contributed by atoms with Gasteiger partial charge in [-0.1, -0.05) is 54.6 Å². The summed E-state index contributed by atoms with van der Waals surface area (Å²) in [6.45, 7) is 2.66. The zero-order valence-electron chi connectivity index (χ0n) is 33.2. The Morgan fingerprint density at radius 2 is 1.47 bits per heavy atom. The normalized spacial score (nSPS) is 22.1. The van der Waals surface area contributed by atoms with E-state index in [2.05, 4.69) is 79.1 Å². The van der Waals surface area contributed by atoms with Crippen molar-refractivity contribution in [3.8, 4) is 39.5 Å². The van der Waals surface area contributed by atoms with E-state index in [0.29, 0.717) is 36.6 Å². The third-order valence-electron chi connectivity index (χ3n) is 12.4. The lowest BCUT2D eigenvalue weighted by atomic mass is 9.78. The van der Waals surface area contributed by atoms with E-state index in [0.717, 1.165) is 77.1 Å². The average molecular weight is 787 g/mol. The van der Waals surface area contributed by atoms with Crippen LogP contribution in [0.25, 0.3) is 33.6 Å². The van der Waals surface area contributed by atoms with Crippen molar-refractivity contribution in [3.05, 3.63) is 96.5 Å². The number of carbonyl (C=O) groups excluding carboxylic acids is 3. The number of carbonyl (C=O) groups is 3. The summed E-state index contributed by atoms with van der Waals surface area (Å²) in [6, 6.07) is 19.3. The van der Waals surface area contributed by atoms with Gasteiger partial charge in [0.15, 0.2) is 0 Å². The first-order valence-electron chi connectivity index (χ1n) is 20.0. The van der Waals surface area contributed by atoms with Crippen molar-refractivity contribution in [1.29, 1.82) is 0 Å². The van der Waals surface area contributed by atoms with Gasteiger partial charge < -0.3 is 39.7 Å². The number of imidazole rings is 2. The van der Waals surface area contributed by atoms with Gasteiger partial charge in [-0.25, -0.2) is 19.7 Å². The summed E-state index contributed by atoms with van der Waals surface area (Å²) in [4.78, 5) is 61.9.